The Bertz CT molecular complexity index is 536. The van der Waals surface area contributed by atoms with Gasteiger partial charge >= 0.3 is 0 Å². The van der Waals surface area contributed by atoms with Crippen molar-refractivity contribution in [3.8, 4) is 5.75 Å². The number of hydrogen-bond donors (Lipinski definition) is 1. The predicted molar refractivity (Wildman–Crippen MR) is 69.5 cm³/mol. The first-order chi connectivity index (χ1) is 8.79. The van der Waals surface area contributed by atoms with Crippen molar-refractivity contribution in [1.82, 2.24) is 9.78 Å². The van der Waals surface area contributed by atoms with Crippen LogP contribution in [0.15, 0.2) is 36.7 Å². The predicted octanol–water partition coefficient (Wildman–Crippen LogP) is 2.08. The van der Waals surface area contributed by atoms with E-state index in [1.165, 1.54) is 11.1 Å². The van der Waals surface area contributed by atoms with Crippen LogP contribution in [0.25, 0.3) is 0 Å². The number of hydrogen-bond acceptors (Lipinski definition) is 3. The molecule has 0 saturated heterocycles. The molecular weight excluding hydrogens is 226 g/mol. The van der Waals surface area contributed by atoms with E-state index >= 15 is 0 Å². The molecule has 94 valence electrons. The molecule has 4 heteroatoms. The molecule has 1 aliphatic rings. The number of ether oxygens (including phenoxy) is 1. The Morgan fingerprint density at radius 3 is 3.06 bits per heavy atom. The van der Waals surface area contributed by atoms with Crippen LogP contribution in [0.2, 0.25) is 0 Å². The van der Waals surface area contributed by atoms with Gasteiger partial charge in [0.15, 0.2) is 0 Å². The second-order valence-electron chi connectivity index (χ2n) is 4.68. The molecular formula is C14H17N3O. The number of nitrogens with zero attached hydrogens (tertiary/aromatic N) is 2. The third-order valence-electron chi connectivity index (χ3n) is 3.70. The van der Waals surface area contributed by atoms with Crippen LogP contribution in [0, 0.1) is 0 Å². The van der Waals surface area contributed by atoms with E-state index in [-0.39, 0.29) is 12.1 Å². The molecule has 4 nitrogen and oxygen atoms in total. The first-order valence-electron chi connectivity index (χ1n) is 6.21. The molecule has 0 aliphatic heterocycles. The van der Waals surface area contributed by atoms with Crippen molar-refractivity contribution in [2.75, 3.05) is 7.11 Å². The van der Waals surface area contributed by atoms with Crippen molar-refractivity contribution in [2.45, 2.75) is 24.9 Å². The minimum atomic E-state index is -0.0243. The monoisotopic (exact) mass is 243 g/mol. The van der Waals surface area contributed by atoms with Crippen LogP contribution in [0.1, 0.15) is 29.6 Å². The fraction of sp³-hybridized carbons (Fsp3) is 0.357. The molecule has 2 aromatic rings. The molecule has 0 fully saturated rings. The van der Waals surface area contributed by atoms with E-state index in [1.54, 1.807) is 13.3 Å². The van der Waals surface area contributed by atoms with Crippen LogP contribution in [-0.2, 0) is 6.42 Å². The second-order valence-corrected chi connectivity index (χ2v) is 4.68. The zero-order valence-electron chi connectivity index (χ0n) is 10.4. The molecule has 0 amide bonds. The Hall–Kier alpha value is -1.81. The lowest BCUT2D eigenvalue weighted by molar-refractivity contribution is 0.340. The normalized spacial score (nSPS) is 22.6. The summed E-state index contributed by atoms with van der Waals surface area (Å²) in [7, 11) is 1.68. The van der Waals surface area contributed by atoms with Gasteiger partial charge in [0.25, 0.3) is 0 Å². The summed E-state index contributed by atoms with van der Waals surface area (Å²) in [6.07, 6.45) is 5.85. The fourth-order valence-electron chi connectivity index (χ4n) is 2.70. The second kappa shape index (κ2) is 4.46. The van der Waals surface area contributed by atoms with Gasteiger partial charge in [-0.1, -0.05) is 6.07 Å². The van der Waals surface area contributed by atoms with E-state index in [0.29, 0.717) is 0 Å². The van der Waals surface area contributed by atoms with Crippen molar-refractivity contribution in [3.63, 3.8) is 0 Å². The summed E-state index contributed by atoms with van der Waals surface area (Å²) in [5.74, 6) is 0.866. The Morgan fingerprint density at radius 2 is 2.33 bits per heavy atom. The van der Waals surface area contributed by atoms with Gasteiger partial charge in [-0.3, -0.25) is 4.68 Å². The third-order valence-corrected chi connectivity index (χ3v) is 3.70. The Kier molecular flexibility index (Phi) is 2.80. The molecule has 3 rings (SSSR count). The average Bonchev–Trinajstić information content (AvgIpc) is 2.93. The van der Waals surface area contributed by atoms with Crippen LogP contribution >= 0.6 is 0 Å². The lowest BCUT2D eigenvalue weighted by atomic mass is 9.84. The van der Waals surface area contributed by atoms with Crippen LogP contribution in [-0.4, -0.2) is 16.9 Å². The van der Waals surface area contributed by atoms with E-state index < -0.39 is 0 Å². The molecule has 0 bridgehead atoms. The summed E-state index contributed by atoms with van der Waals surface area (Å²) in [6, 6.07) is 8.32. The van der Waals surface area contributed by atoms with Crippen molar-refractivity contribution in [3.05, 3.63) is 47.8 Å². The average molecular weight is 243 g/mol. The molecule has 2 N–H and O–H groups in total. The zero-order valence-corrected chi connectivity index (χ0v) is 10.4. The van der Waals surface area contributed by atoms with Gasteiger partial charge in [0.05, 0.1) is 19.2 Å². The summed E-state index contributed by atoms with van der Waals surface area (Å²) in [5.41, 5.74) is 8.90. The first-order valence-corrected chi connectivity index (χ1v) is 6.21. The van der Waals surface area contributed by atoms with Crippen LogP contribution < -0.4 is 10.5 Å². The topological polar surface area (TPSA) is 53.1 Å². The quantitative estimate of drug-likeness (QED) is 0.878. The molecule has 1 aliphatic carbocycles. The minimum Gasteiger partial charge on any atom is -0.497 e. The lowest BCUT2D eigenvalue weighted by Gasteiger charge is -2.31. The Balaban J connectivity index is 1.97. The largest absolute Gasteiger partial charge is 0.497 e. The van der Waals surface area contributed by atoms with Gasteiger partial charge < -0.3 is 10.5 Å². The van der Waals surface area contributed by atoms with E-state index in [2.05, 4.69) is 17.2 Å². The van der Waals surface area contributed by atoms with Crippen LogP contribution in [0.5, 0.6) is 5.75 Å². The molecule has 0 saturated carbocycles. The maximum Gasteiger partial charge on any atom is 0.119 e. The van der Waals surface area contributed by atoms with E-state index in [0.717, 1.165) is 18.6 Å². The summed E-state index contributed by atoms with van der Waals surface area (Å²) >= 11 is 0. The molecule has 0 radical (unpaired) electrons. The highest BCUT2D eigenvalue weighted by Crippen LogP contribution is 2.37. The van der Waals surface area contributed by atoms with Gasteiger partial charge in [0.1, 0.15) is 5.75 Å². The van der Waals surface area contributed by atoms with E-state index in [4.69, 9.17) is 10.5 Å². The number of nitrogens with two attached hydrogens (primary N) is 1. The van der Waals surface area contributed by atoms with Gasteiger partial charge in [-0.05, 0) is 42.2 Å². The van der Waals surface area contributed by atoms with Gasteiger partial charge in [0.2, 0.25) is 0 Å². The highest BCUT2D eigenvalue weighted by molar-refractivity contribution is 5.39. The molecule has 2 atom stereocenters. The summed E-state index contributed by atoms with van der Waals surface area (Å²) < 4.78 is 7.24. The van der Waals surface area contributed by atoms with E-state index in [9.17, 15) is 0 Å². The van der Waals surface area contributed by atoms with Crippen molar-refractivity contribution in [2.24, 2.45) is 5.73 Å². The van der Waals surface area contributed by atoms with Crippen molar-refractivity contribution in [1.29, 1.82) is 0 Å². The molecule has 1 heterocycles. The van der Waals surface area contributed by atoms with Gasteiger partial charge in [0, 0.05) is 12.4 Å². The lowest BCUT2D eigenvalue weighted by Crippen LogP contribution is -2.30. The maximum absolute atomic E-state index is 6.39. The summed E-state index contributed by atoms with van der Waals surface area (Å²) in [6.45, 7) is 0. The van der Waals surface area contributed by atoms with Gasteiger partial charge in [-0.25, -0.2) is 0 Å². The van der Waals surface area contributed by atoms with Gasteiger partial charge in [-0.2, -0.15) is 5.10 Å². The maximum atomic E-state index is 6.39. The van der Waals surface area contributed by atoms with E-state index in [1.807, 2.05) is 23.0 Å². The van der Waals surface area contributed by atoms with Crippen LogP contribution in [0.4, 0.5) is 0 Å². The number of benzene rings is 1. The molecule has 18 heavy (non-hydrogen) atoms. The zero-order chi connectivity index (χ0) is 12.5. The number of fused-ring (bicyclic) bond motifs is 1. The standard InChI is InChI=1S/C14H17N3O/c1-18-11-5-3-10-4-6-13(14(15)12(10)9-11)17-8-2-7-16-17/h2-3,5,7-9,13-14H,4,6,15H2,1H3. The summed E-state index contributed by atoms with van der Waals surface area (Å²) in [5, 5.41) is 4.31. The molecule has 1 aromatic carbocycles. The Labute approximate surface area is 106 Å². The third kappa shape index (κ3) is 1.78. The highest BCUT2D eigenvalue weighted by atomic mass is 16.5. The molecule has 0 spiro atoms. The summed E-state index contributed by atoms with van der Waals surface area (Å²) in [4.78, 5) is 0. The fourth-order valence-corrected chi connectivity index (χ4v) is 2.70. The number of aryl methyl sites for hydroxylation is 1. The smallest absolute Gasteiger partial charge is 0.119 e. The number of rotatable bonds is 2. The van der Waals surface area contributed by atoms with Gasteiger partial charge in [-0.15, -0.1) is 0 Å². The SMILES string of the molecule is COc1ccc2c(c1)C(N)C(n1cccn1)CC2. The number of methoxy groups -OCH3 is 1. The Morgan fingerprint density at radius 1 is 1.44 bits per heavy atom. The minimum absolute atomic E-state index is 0.0243. The van der Waals surface area contributed by atoms with Crippen LogP contribution in [0.3, 0.4) is 0 Å². The van der Waals surface area contributed by atoms with Crippen molar-refractivity contribution >= 4 is 0 Å². The molecule has 2 unspecified atom stereocenters. The first kappa shape index (κ1) is 11.3. The van der Waals surface area contributed by atoms with Crippen molar-refractivity contribution < 1.29 is 4.74 Å². The highest BCUT2D eigenvalue weighted by Gasteiger charge is 2.28. The number of aromatic nitrogens is 2. The molecule has 1 aromatic heterocycles.